The molecule has 1 aromatic rings. The molecule has 4 nitrogen and oxygen atoms in total. The molecule has 1 rings (SSSR count). The maximum absolute atomic E-state index is 11.0. The van der Waals surface area contributed by atoms with Crippen molar-refractivity contribution in [2.45, 2.75) is 13.3 Å². The lowest BCUT2D eigenvalue weighted by molar-refractivity contribution is -0.141. The number of carbonyl (C=O) groups is 1. The maximum Gasteiger partial charge on any atom is 0.317 e. The summed E-state index contributed by atoms with van der Waals surface area (Å²) in [5, 5.41) is 7.23. The maximum atomic E-state index is 11.0. The van der Waals surface area contributed by atoms with Crippen molar-refractivity contribution in [3.8, 4) is 11.8 Å². The predicted molar refractivity (Wildman–Crippen MR) is 65.6 cm³/mol. The molecule has 17 heavy (non-hydrogen) atoms. The van der Waals surface area contributed by atoms with Crippen LogP contribution in [0.25, 0.3) is 0 Å². The summed E-state index contributed by atoms with van der Waals surface area (Å²) in [6, 6.07) is 6.96. The van der Waals surface area contributed by atoms with Crippen LogP contribution in [-0.4, -0.2) is 18.4 Å². The van der Waals surface area contributed by atoms with Gasteiger partial charge in [-0.3, -0.25) is 10.2 Å². The second-order valence-electron chi connectivity index (χ2n) is 3.27. The largest absolute Gasteiger partial charge is 0.465 e. The van der Waals surface area contributed by atoms with E-state index in [1.165, 1.54) is 0 Å². The van der Waals surface area contributed by atoms with Crippen LogP contribution in [0.2, 0.25) is 0 Å². The zero-order valence-electron chi connectivity index (χ0n) is 9.62. The topological polar surface area (TPSA) is 76.2 Å². The molecule has 0 aromatic heterocycles. The third-order valence-electron chi connectivity index (χ3n) is 1.97. The molecule has 3 N–H and O–H groups in total. The third kappa shape index (κ3) is 4.39. The molecule has 0 saturated carbocycles. The normalized spacial score (nSPS) is 9.00. The van der Waals surface area contributed by atoms with E-state index in [4.69, 9.17) is 15.9 Å². The van der Waals surface area contributed by atoms with Gasteiger partial charge in [-0.2, -0.15) is 0 Å². The fourth-order valence-electron chi connectivity index (χ4n) is 1.16. The van der Waals surface area contributed by atoms with Crippen LogP contribution >= 0.6 is 0 Å². The summed E-state index contributed by atoms with van der Waals surface area (Å²) in [6.07, 6.45) is 0.0856. The fraction of sp³-hybridized carbons (Fsp3) is 0.231. The molecule has 0 atom stereocenters. The van der Waals surface area contributed by atoms with Gasteiger partial charge in [0.05, 0.1) is 6.61 Å². The van der Waals surface area contributed by atoms with Gasteiger partial charge >= 0.3 is 5.97 Å². The molecule has 0 fully saturated rings. The van der Waals surface area contributed by atoms with Crippen molar-refractivity contribution in [1.82, 2.24) is 0 Å². The molecule has 0 aliphatic carbocycles. The molecule has 0 unspecified atom stereocenters. The van der Waals surface area contributed by atoms with Gasteiger partial charge in [0.25, 0.3) is 0 Å². The average Bonchev–Trinajstić information content (AvgIpc) is 2.30. The molecule has 0 bridgehead atoms. The number of hydrogen-bond acceptors (Lipinski definition) is 3. The predicted octanol–water partition coefficient (Wildman–Crippen LogP) is 1.28. The quantitative estimate of drug-likeness (QED) is 0.355. The van der Waals surface area contributed by atoms with Crippen molar-refractivity contribution >= 4 is 11.8 Å². The van der Waals surface area contributed by atoms with Crippen LogP contribution in [0.15, 0.2) is 24.3 Å². The zero-order chi connectivity index (χ0) is 12.7. The second-order valence-corrected chi connectivity index (χ2v) is 3.27. The Hall–Kier alpha value is -2.28. The third-order valence-corrected chi connectivity index (χ3v) is 1.97. The van der Waals surface area contributed by atoms with Gasteiger partial charge in [0.1, 0.15) is 12.3 Å². The molecule has 0 radical (unpaired) electrons. The first-order valence-corrected chi connectivity index (χ1v) is 5.22. The number of carbonyl (C=O) groups excluding carboxylic acids is 1. The summed E-state index contributed by atoms with van der Waals surface area (Å²) in [5.41, 5.74) is 6.75. The summed E-state index contributed by atoms with van der Waals surface area (Å²) in [6.45, 7) is 2.12. The first kappa shape index (κ1) is 12.8. The average molecular weight is 230 g/mol. The van der Waals surface area contributed by atoms with Crippen LogP contribution in [0.5, 0.6) is 0 Å². The van der Waals surface area contributed by atoms with Gasteiger partial charge in [-0.05, 0) is 19.1 Å². The molecule has 1 aromatic carbocycles. The van der Waals surface area contributed by atoms with E-state index in [-0.39, 0.29) is 18.2 Å². The highest BCUT2D eigenvalue weighted by Crippen LogP contribution is 2.02. The van der Waals surface area contributed by atoms with E-state index in [1.807, 2.05) is 0 Å². The Bertz CT molecular complexity index is 466. The first-order chi connectivity index (χ1) is 8.13. The smallest absolute Gasteiger partial charge is 0.317 e. The van der Waals surface area contributed by atoms with Gasteiger partial charge in [0.2, 0.25) is 0 Å². The van der Waals surface area contributed by atoms with Gasteiger partial charge in [-0.1, -0.05) is 24.0 Å². The van der Waals surface area contributed by atoms with E-state index in [1.54, 1.807) is 31.2 Å². The van der Waals surface area contributed by atoms with E-state index in [2.05, 4.69) is 11.8 Å². The van der Waals surface area contributed by atoms with Crippen LogP contribution in [-0.2, 0) is 9.53 Å². The lowest BCUT2D eigenvalue weighted by Gasteiger charge is -1.97. The second kappa shape index (κ2) is 6.33. The monoisotopic (exact) mass is 230 g/mol. The minimum atomic E-state index is -0.319. The molecule has 0 heterocycles. The summed E-state index contributed by atoms with van der Waals surface area (Å²) in [5.74, 6) is 5.27. The Kier molecular flexibility index (Phi) is 4.77. The fourth-order valence-corrected chi connectivity index (χ4v) is 1.16. The highest BCUT2D eigenvalue weighted by molar-refractivity contribution is 5.94. The van der Waals surface area contributed by atoms with Crippen LogP contribution in [0.4, 0.5) is 0 Å². The van der Waals surface area contributed by atoms with Gasteiger partial charge in [-0.15, -0.1) is 0 Å². The van der Waals surface area contributed by atoms with Crippen LogP contribution in [0.3, 0.4) is 0 Å². The summed E-state index contributed by atoms with van der Waals surface area (Å²) in [7, 11) is 0. The minimum absolute atomic E-state index is 0.0241. The Morgan fingerprint density at radius 3 is 2.59 bits per heavy atom. The molecule has 88 valence electrons. The summed E-state index contributed by atoms with van der Waals surface area (Å²) < 4.78 is 4.74. The summed E-state index contributed by atoms with van der Waals surface area (Å²) in [4.78, 5) is 11.0. The number of nitrogens with one attached hydrogen (secondary N) is 1. The number of benzene rings is 1. The molecule has 0 aliphatic heterocycles. The number of rotatable bonds is 3. The Labute approximate surface area is 100 Å². The van der Waals surface area contributed by atoms with E-state index in [0.717, 1.165) is 5.56 Å². The van der Waals surface area contributed by atoms with Crippen molar-refractivity contribution < 1.29 is 9.53 Å². The van der Waals surface area contributed by atoms with Gasteiger partial charge in [0.15, 0.2) is 0 Å². The molecule has 0 spiro atoms. The van der Waals surface area contributed by atoms with Gasteiger partial charge < -0.3 is 10.5 Å². The first-order valence-electron chi connectivity index (χ1n) is 5.22. The molecule has 4 heteroatoms. The number of nitrogen functional groups attached to an aromatic ring is 1. The number of hydrogen-bond donors (Lipinski definition) is 2. The molecular weight excluding hydrogens is 216 g/mol. The lowest BCUT2D eigenvalue weighted by atomic mass is 10.1. The van der Waals surface area contributed by atoms with Crippen molar-refractivity contribution in [3.05, 3.63) is 35.4 Å². The molecule has 0 saturated heterocycles. The van der Waals surface area contributed by atoms with Crippen LogP contribution < -0.4 is 5.73 Å². The number of ether oxygens (including phenoxy) is 1. The standard InChI is InChI=1S/C13H14N2O2/c1-2-17-12(16)5-3-4-10-6-8-11(9-7-10)13(14)15/h6-9H,2,5H2,1H3,(H3,14,15). The Morgan fingerprint density at radius 1 is 1.41 bits per heavy atom. The Morgan fingerprint density at radius 2 is 2.06 bits per heavy atom. The van der Waals surface area contributed by atoms with Crippen molar-refractivity contribution in [1.29, 1.82) is 5.41 Å². The molecular formula is C13H14N2O2. The van der Waals surface area contributed by atoms with Crippen LogP contribution in [0, 0.1) is 17.3 Å². The van der Waals surface area contributed by atoms with E-state index in [9.17, 15) is 4.79 Å². The minimum Gasteiger partial charge on any atom is -0.465 e. The number of esters is 1. The molecule has 0 amide bonds. The van der Waals surface area contributed by atoms with Gasteiger partial charge in [-0.25, -0.2) is 0 Å². The lowest BCUT2D eigenvalue weighted by Crippen LogP contribution is -2.10. The van der Waals surface area contributed by atoms with E-state index in [0.29, 0.717) is 12.2 Å². The number of nitrogens with two attached hydrogens (primary N) is 1. The highest BCUT2D eigenvalue weighted by atomic mass is 16.5. The summed E-state index contributed by atoms with van der Waals surface area (Å²) >= 11 is 0. The SMILES string of the molecule is CCOC(=O)CC#Cc1ccc(C(=N)N)cc1. The zero-order valence-corrected chi connectivity index (χ0v) is 9.62. The van der Waals surface area contributed by atoms with Crippen LogP contribution in [0.1, 0.15) is 24.5 Å². The molecule has 0 aliphatic rings. The number of amidine groups is 1. The van der Waals surface area contributed by atoms with E-state index < -0.39 is 0 Å². The highest BCUT2D eigenvalue weighted by Gasteiger charge is 1.97. The van der Waals surface area contributed by atoms with Crippen molar-refractivity contribution in [3.63, 3.8) is 0 Å². The van der Waals surface area contributed by atoms with E-state index >= 15 is 0 Å². The Balaban J connectivity index is 2.60. The van der Waals surface area contributed by atoms with Crippen molar-refractivity contribution in [2.75, 3.05) is 6.61 Å². The van der Waals surface area contributed by atoms with Gasteiger partial charge in [0, 0.05) is 11.1 Å². The van der Waals surface area contributed by atoms with Crippen molar-refractivity contribution in [2.24, 2.45) is 5.73 Å².